The summed E-state index contributed by atoms with van der Waals surface area (Å²) in [4.78, 5) is 4.05. The van der Waals surface area contributed by atoms with Crippen LogP contribution in [0.1, 0.15) is 5.69 Å². The monoisotopic (exact) mass is 362 g/mol. The number of rotatable bonds is 6. The first-order chi connectivity index (χ1) is 11.0. The molecule has 124 valence electrons. The number of nitrogens with zero attached hydrogens (tertiary/aromatic N) is 3. The Balaban J connectivity index is 2.25. The van der Waals surface area contributed by atoms with Gasteiger partial charge in [0.25, 0.3) is 0 Å². The van der Waals surface area contributed by atoms with Crippen LogP contribution in [0.15, 0.2) is 32.8 Å². The third-order valence-electron chi connectivity index (χ3n) is 2.56. The van der Waals surface area contributed by atoms with Crippen LogP contribution < -0.4 is 5.48 Å². The minimum atomic E-state index is -0.942. The van der Waals surface area contributed by atoms with Gasteiger partial charge in [0.05, 0.1) is 23.4 Å². The zero-order chi connectivity index (χ0) is 16.8. The van der Waals surface area contributed by atoms with Gasteiger partial charge in [0.15, 0.2) is 16.6 Å². The van der Waals surface area contributed by atoms with Crippen LogP contribution in [0.5, 0.6) is 0 Å². The van der Waals surface area contributed by atoms with Crippen molar-refractivity contribution in [1.82, 2.24) is 15.8 Å². The van der Waals surface area contributed by atoms with E-state index in [1.165, 1.54) is 12.1 Å². The maximum Gasteiger partial charge on any atom is 0.186 e. The molecule has 0 aliphatic heterocycles. The summed E-state index contributed by atoms with van der Waals surface area (Å²) >= 11 is 6.72. The second kappa shape index (κ2) is 8.22. The highest BCUT2D eigenvalue weighted by Crippen LogP contribution is 2.24. The number of hydrogen-bond acceptors (Lipinski definition) is 8. The maximum absolute atomic E-state index is 13.1. The summed E-state index contributed by atoms with van der Waals surface area (Å²) in [5, 5.41) is 34.7. The Morgan fingerprint density at radius 1 is 1.48 bits per heavy atom. The van der Waals surface area contributed by atoms with Gasteiger partial charge in [0.1, 0.15) is 5.82 Å². The zero-order valence-electron chi connectivity index (χ0n) is 11.5. The van der Waals surface area contributed by atoms with E-state index in [-0.39, 0.29) is 33.0 Å². The van der Waals surface area contributed by atoms with Gasteiger partial charge in [-0.2, -0.15) is 0 Å². The Labute approximate surface area is 138 Å². The summed E-state index contributed by atoms with van der Waals surface area (Å²) in [6.45, 7) is -0.402. The second-order valence-corrected chi connectivity index (χ2v) is 5.65. The molecule has 0 spiro atoms. The Hall–Kier alpha value is -1.72. The molecule has 2 aromatic rings. The number of aliphatic hydroxyl groups excluding tert-OH is 2. The van der Waals surface area contributed by atoms with Crippen molar-refractivity contribution in [3.8, 4) is 0 Å². The number of aromatic nitrogens is 2. The van der Waals surface area contributed by atoms with Gasteiger partial charge in [0.2, 0.25) is 0 Å². The molecule has 1 aromatic heterocycles. The third kappa shape index (κ3) is 4.62. The predicted molar refractivity (Wildman–Crippen MR) is 80.6 cm³/mol. The van der Waals surface area contributed by atoms with Crippen LogP contribution in [0.2, 0.25) is 5.02 Å². The number of thioether (sulfide) groups is 1. The molecule has 1 aromatic carbocycles. The Bertz CT molecular complexity index is 699. The molecule has 0 saturated carbocycles. The van der Waals surface area contributed by atoms with E-state index in [2.05, 4.69) is 19.9 Å². The topological polar surface area (TPSA) is 124 Å². The summed E-state index contributed by atoms with van der Waals surface area (Å²) in [6, 6.07) is 3.75. The molecule has 0 saturated heterocycles. The van der Waals surface area contributed by atoms with Crippen molar-refractivity contribution in [2.75, 3.05) is 12.4 Å². The Morgan fingerprint density at radius 3 is 2.91 bits per heavy atom. The van der Waals surface area contributed by atoms with E-state index in [1.807, 2.05) is 5.48 Å². The molecule has 2 rings (SSSR count). The first-order valence-electron chi connectivity index (χ1n) is 6.23. The van der Waals surface area contributed by atoms with Crippen molar-refractivity contribution < 1.29 is 24.4 Å². The molecule has 0 fully saturated rings. The minimum absolute atomic E-state index is 0.0862. The van der Waals surface area contributed by atoms with E-state index in [9.17, 15) is 14.7 Å². The molecule has 0 aliphatic carbocycles. The quantitative estimate of drug-likeness (QED) is 0.263. The molecule has 1 atom stereocenters. The molecule has 1 heterocycles. The molecule has 11 heteroatoms. The number of hydrogen-bond donors (Lipinski definition) is 4. The Morgan fingerprint density at radius 2 is 2.26 bits per heavy atom. The minimum Gasteiger partial charge on any atom is -0.394 e. The molecule has 0 amide bonds. The average Bonchev–Trinajstić information content (AvgIpc) is 3.01. The summed E-state index contributed by atoms with van der Waals surface area (Å²) in [5.74, 6) is -0.560. The van der Waals surface area contributed by atoms with Crippen molar-refractivity contribution in [2.24, 2.45) is 4.99 Å². The maximum atomic E-state index is 13.1. The number of aliphatic imine (C=N–C) groups is 1. The fourth-order valence-electron chi connectivity index (χ4n) is 1.46. The van der Waals surface area contributed by atoms with Gasteiger partial charge in [-0.15, -0.1) is 0 Å². The van der Waals surface area contributed by atoms with Crippen molar-refractivity contribution in [3.63, 3.8) is 0 Å². The van der Waals surface area contributed by atoms with Crippen LogP contribution in [0.3, 0.4) is 0 Å². The SMILES string of the molecule is OC[C@H](O)CSc1nonc1C(=Nc1ccc(F)c(Cl)c1)NO. The van der Waals surface area contributed by atoms with Crippen LogP contribution in [0.4, 0.5) is 10.1 Å². The smallest absolute Gasteiger partial charge is 0.186 e. The number of halogens is 2. The van der Waals surface area contributed by atoms with Crippen LogP contribution in [-0.2, 0) is 0 Å². The van der Waals surface area contributed by atoms with Gasteiger partial charge in [-0.1, -0.05) is 23.4 Å². The number of benzene rings is 1. The van der Waals surface area contributed by atoms with Crippen LogP contribution in [0, 0.1) is 5.82 Å². The molecule has 0 radical (unpaired) electrons. The van der Waals surface area contributed by atoms with E-state index in [0.717, 1.165) is 17.8 Å². The first-order valence-corrected chi connectivity index (χ1v) is 7.60. The largest absolute Gasteiger partial charge is 0.394 e. The highest BCUT2D eigenvalue weighted by molar-refractivity contribution is 7.99. The van der Waals surface area contributed by atoms with Crippen molar-refractivity contribution >= 4 is 34.9 Å². The summed E-state index contributed by atoms with van der Waals surface area (Å²) in [5.41, 5.74) is 2.21. The summed E-state index contributed by atoms with van der Waals surface area (Å²) in [6.07, 6.45) is -0.942. The molecule has 4 N–H and O–H groups in total. The van der Waals surface area contributed by atoms with Crippen molar-refractivity contribution in [1.29, 1.82) is 0 Å². The number of aliphatic hydroxyl groups is 2. The van der Waals surface area contributed by atoms with Crippen LogP contribution in [0.25, 0.3) is 0 Å². The van der Waals surface area contributed by atoms with Crippen molar-refractivity contribution in [3.05, 3.63) is 34.7 Å². The summed E-state index contributed by atoms with van der Waals surface area (Å²) < 4.78 is 17.7. The van der Waals surface area contributed by atoms with Gasteiger partial charge in [-0.3, -0.25) is 10.7 Å². The van der Waals surface area contributed by atoms with Gasteiger partial charge in [-0.25, -0.2) is 14.0 Å². The van der Waals surface area contributed by atoms with Gasteiger partial charge in [0, 0.05) is 5.75 Å². The van der Waals surface area contributed by atoms with E-state index in [1.54, 1.807) is 0 Å². The van der Waals surface area contributed by atoms with E-state index < -0.39 is 18.5 Å². The molecular formula is C12H12ClFN4O4S. The molecule has 0 bridgehead atoms. The molecule has 8 nitrogen and oxygen atoms in total. The lowest BCUT2D eigenvalue weighted by Crippen LogP contribution is -2.21. The van der Waals surface area contributed by atoms with Gasteiger partial charge in [-0.05, 0) is 28.5 Å². The van der Waals surface area contributed by atoms with Gasteiger partial charge < -0.3 is 10.2 Å². The fourth-order valence-corrected chi connectivity index (χ4v) is 2.45. The fraction of sp³-hybridized carbons (Fsp3) is 0.250. The highest BCUT2D eigenvalue weighted by atomic mass is 35.5. The molecule has 0 unspecified atom stereocenters. The van der Waals surface area contributed by atoms with Gasteiger partial charge >= 0.3 is 0 Å². The normalized spacial score (nSPS) is 13.2. The van der Waals surface area contributed by atoms with Crippen LogP contribution >= 0.6 is 23.4 Å². The molecule has 23 heavy (non-hydrogen) atoms. The average molecular weight is 363 g/mol. The van der Waals surface area contributed by atoms with E-state index in [4.69, 9.17) is 16.7 Å². The summed E-state index contributed by atoms with van der Waals surface area (Å²) in [7, 11) is 0. The highest BCUT2D eigenvalue weighted by Gasteiger charge is 2.18. The lowest BCUT2D eigenvalue weighted by molar-refractivity contribution is 0.113. The predicted octanol–water partition coefficient (Wildman–Crippen LogP) is 1.36. The van der Waals surface area contributed by atoms with Crippen molar-refractivity contribution in [2.45, 2.75) is 11.1 Å². The Kier molecular flexibility index (Phi) is 6.30. The molecule has 0 aliphatic rings. The first kappa shape index (κ1) is 17.6. The van der Waals surface area contributed by atoms with Crippen LogP contribution in [-0.4, -0.2) is 50.0 Å². The number of hydroxylamine groups is 1. The van der Waals surface area contributed by atoms with E-state index in [0.29, 0.717) is 0 Å². The number of amidine groups is 1. The van der Waals surface area contributed by atoms with E-state index >= 15 is 0 Å². The lowest BCUT2D eigenvalue weighted by Gasteiger charge is -2.06. The third-order valence-corrected chi connectivity index (χ3v) is 3.94. The zero-order valence-corrected chi connectivity index (χ0v) is 13.1. The standard InChI is InChI=1S/C12H12ClFN4O4S/c13-8-3-6(1-2-9(8)14)15-11(16-21)10-12(18-22-17-10)23-5-7(20)4-19/h1-3,7,19-21H,4-5H2,(H,15,16)/t7-/m0/s1. The lowest BCUT2D eigenvalue weighted by atomic mass is 10.3. The molecular weight excluding hydrogens is 351 g/mol. The number of nitrogens with one attached hydrogen (secondary N) is 1. The second-order valence-electron chi connectivity index (χ2n) is 4.24.